The zero-order valence-corrected chi connectivity index (χ0v) is 11.7. The number of carbonyl (C=O) groups is 1. The van der Waals surface area contributed by atoms with Gasteiger partial charge in [-0.25, -0.2) is 0 Å². The Hall–Kier alpha value is -1.31. The fraction of sp³-hybridized carbons (Fsp3) is 0.562. The zero-order chi connectivity index (χ0) is 13.6. The molecule has 0 unspecified atom stereocenters. The van der Waals surface area contributed by atoms with Crippen molar-refractivity contribution in [3.05, 3.63) is 34.9 Å². The quantitative estimate of drug-likeness (QED) is 0.883. The van der Waals surface area contributed by atoms with Crippen LogP contribution < -0.4 is 0 Å². The maximum absolute atomic E-state index is 11.3. The molecule has 1 fully saturated rings. The zero-order valence-electron chi connectivity index (χ0n) is 11.7. The topological polar surface area (TPSA) is 37.3 Å². The monoisotopic (exact) mass is 246 g/mol. The lowest BCUT2D eigenvalue weighted by atomic mass is 9.83. The molecule has 2 heteroatoms. The van der Waals surface area contributed by atoms with Crippen molar-refractivity contribution in [2.24, 2.45) is 5.41 Å². The van der Waals surface area contributed by atoms with Crippen LogP contribution in [-0.4, -0.2) is 11.1 Å². The number of carboxylic acids is 1. The molecule has 2 nitrogen and oxygen atoms in total. The molecular weight excluding hydrogens is 224 g/mol. The van der Waals surface area contributed by atoms with Gasteiger partial charge < -0.3 is 5.11 Å². The molecule has 1 aromatic carbocycles. The molecule has 1 saturated carbocycles. The van der Waals surface area contributed by atoms with Gasteiger partial charge in [0.25, 0.3) is 0 Å². The molecule has 0 saturated heterocycles. The molecule has 1 aromatic rings. The Kier molecular flexibility index (Phi) is 3.00. The summed E-state index contributed by atoms with van der Waals surface area (Å²) in [6, 6.07) is 6.46. The SMILES string of the molecule is Cc1ccc(C(C)(C)C)cc1CC1(C(=O)O)CC1. The first-order valence-corrected chi connectivity index (χ1v) is 6.58. The summed E-state index contributed by atoms with van der Waals surface area (Å²) in [6.07, 6.45) is 2.32. The van der Waals surface area contributed by atoms with Gasteiger partial charge >= 0.3 is 5.97 Å². The lowest BCUT2D eigenvalue weighted by Crippen LogP contribution is -2.19. The number of carboxylic acid groups (broad SMARTS) is 1. The Morgan fingerprint density at radius 2 is 1.94 bits per heavy atom. The third kappa shape index (κ3) is 2.43. The van der Waals surface area contributed by atoms with Crippen LogP contribution in [0, 0.1) is 12.3 Å². The summed E-state index contributed by atoms with van der Waals surface area (Å²) in [5.41, 5.74) is 3.33. The van der Waals surface area contributed by atoms with Gasteiger partial charge in [0, 0.05) is 0 Å². The maximum atomic E-state index is 11.3. The largest absolute Gasteiger partial charge is 0.481 e. The minimum Gasteiger partial charge on any atom is -0.481 e. The van der Waals surface area contributed by atoms with E-state index in [1.54, 1.807) is 0 Å². The van der Waals surface area contributed by atoms with Crippen molar-refractivity contribution >= 4 is 5.97 Å². The summed E-state index contributed by atoms with van der Waals surface area (Å²) in [4.78, 5) is 11.3. The van der Waals surface area contributed by atoms with Gasteiger partial charge in [0.15, 0.2) is 0 Å². The standard InChI is InChI=1S/C16H22O2/c1-11-5-6-13(15(2,3)4)9-12(11)10-16(7-8-16)14(17)18/h5-6,9H,7-8,10H2,1-4H3,(H,17,18). The van der Waals surface area contributed by atoms with Gasteiger partial charge in [-0.05, 0) is 48.3 Å². The molecule has 1 aliphatic carbocycles. The second-order valence-electron chi connectivity index (χ2n) is 6.65. The van der Waals surface area contributed by atoms with Crippen LogP contribution in [0.5, 0.6) is 0 Å². The van der Waals surface area contributed by atoms with Crippen LogP contribution in [-0.2, 0) is 16.6 Å². The van der Waals surface area contributed by atoms with Crippen molar-refractivity contribution in [2.45, 2.75) is 52.4 Å². The second-order valence-corrected chi connectivity index (χ2v) is 6.65. The van der Waals surface area contributed by atoms with Crippen LogP contribution in [0.3, 0.4) is 0 Å². The average molecular weight is 246 g/mol. The van der Waals surface area contributed by atoms with E-state index in [4.69, 9.17) is 0 Å². The normalized spacial score (nSPS) is 17.6. The van der Waals surface area contributed by atoms with Gasteiger partial charge in [-0.15, -0.1) is 0 Å². The summed E-state index contributed by atoms with van der Waals surface area (Å²) >= 11 is 0. The smallest absolute Gasteiger partial charge is 0.309 e. The highest BCUT2D eigenvalue weighted by atomic mass is 16.4. The number of hydrogen-bond donors (Lipinski definition) is 1. The molecule has 1 N–H and O–H groups in total. The Morgan fingerprint density at radius 1 is 1.33 bits per heavy atom. The highest BCUT2D eigenvalue weighted by Crippen LogP contribution is 2.49. The highest BCUT2D eigenvalue weighted by Gasteiger charge is 2.50. The lowest BCUT2D eigenvalue weighted by Gasteiger charge is -2.21. The molecular formula is C16H22O2. The van der Waals surface area contributed by atoms with E-state index in [1.165, 1.54) is 16.7 Å². The molecule has 0 amide bonds. The van der Waals surface area contributed by atoms with Gasteiger partial charge in [-0.1, -0.05) is 39.0 Å². The molecule has 0 aliphatic heterocycles. The van der Waals surface area contributed by atoms with Crippen LogP contribution >= 0.6 is 0 Å². The molecule has 0 radical (unpaired) electrons. The number of benzene rings is 1. The Labute approximate surface area is 109 Å². The van der Waals surface area contributed by atoms with E-state index in [1.807, 2.05) is 0 Å². The first-order chi connectivity index (χ1) is 8.24. The third-order valence-electron chi connectivity index (χ3n) is 4.05. The minimum atomic E-state index is -0.636. The summed E-state index contributed by atoms with van der Waals surface area (Å²) in [5.74, 6) is -0.636. The first-order valence-electron chi connectivity index (χ1n) is 6.58. The molecule has 0 aromatic heterocycles. The Balaban J connectivity index is 2.31. The number of aliphatic carboxylic acids is 1. The van der Waals surface area contributed by atoms with E-state index in [0.717, 1.165) is 12.8 Å². The molecule has 0 bridgehead atoms. The maximum Gasteiger partial charge on any atom is 0.309 e. The predicted molar refractivity (Wildman–Crippen MR) is 72.9 cm³/mol. The molecule has 0 heterocycles. The Morgan fingerprint density at radius 3 is 2.39 bits per heavy atom. The van der Waals surface area contributed by atoms with Crippen LogP contribution in [0.25, 0.3) is 0 Å². The van der Waals surface area contributed by atoms with E-state index < -0.39 is 11.4 Å². The summed E-state index contributed by atoms with van der Waals surface area (Å²) in [5, 5.41) is 9.29. The van der Waals surface area contributed by atoms with Crippen LogP contribution in [0.1, 0.15) is 50.3 Å². The van der Waals surface area contributed by atoms with Crippen molar-refractivity contribution in [3.8, 4) is 0 Å². The van der Waals surface area contributed by atoms with E-state index in [0.29, 0.717) is 6.42 Å². The number of hydrogen-bond acceptors (Lipinski definition) is 1. The van der Waals surface area contributed by atoms with E-state index in [-0.39, 0.29) is 5.41 Å². The van der Waals surface area contributed by atoms with Gasteiger partial charge in [-0.2, -0.15) is 0 Å². The molecule has 1 aliphatic rings. The molecule has 2 rings (SSSR count). The summed E-state index contributed by atoms with van der Waals surface area (Å²) in [7, 11) is 0. The highest BCUT2D eigenvalue weighted by molar-refractivity contribution is 5.78. The second kappa shape index (κ2) is 4.11. The van der Waals surface area contributed by atoms with E-state index >= 15 is 0 Å². The molecule has 18 heavy (non-hydrogen) atoms. The fourth-order valence-corrected chi connectivity index (χ4v) is 2.31. The van der Waals surface area contributed by atoms with Crippen LogP contribution in [0.2, 0.25) is 0 Å². The van der Waals surface area contributed by atoms with Crippen LogP contribution in [0.15, 0.2) is 18.2 Å². The van der Waals surface area contributed by atoms with Gasteiger partial charge in [0.2, 0.25) is 0 Å². The minimum absolute atomic E-state index is 0.113. The van der Waals surface area contributed by atoms with Crippen molar-refractivity contribution in [3.63, 3.8) is 0 Å². The number of aryl methyl sites for hydroxylation is 1. The van der Waals surface area contributed by atoms with Gasteiger partial charge in [0.1, 0.15) is 0 Å². The van der Waals surface area contributed by atoms with Gasteiger partial charge in [-0.3, -0.25) is 4.79 Å². The van der Waals surface area contributed by atoms with Crippen molar-refractivity contribution in [1.82, 2.24) is 0 Å². The van der Waals surface area contributed by atoms with E-state index in [9.17, 15) is 9.90 Å². The third-order valence-corrected chi connectivity index (χ3v) is 4.05. The van der Waals surface area contributed by atoms with Crippen LogP contribution in [0.4, 0.5) is 0 Å². The van der Waals surface area contributed by atoms with Crippen molar-refractivity contribution in [1.29, 1.82) is 0 Å². The average Bonchev–Trinajstić information content (AvgIpc) is 3.00. The molecule has 0 atom stereocenters. The molecule has 98 valence electrons. The Bertz CT molecular complexity index is 476. The number of rotatable bonds is 3. The fourth-order valence-electron chi connectivity index (χ4n) is 2.31. The van der Waals surface area contributed by atoms with Crippen molar-refractivity contribution < 1.29 is 9.90 Å². The lowest BCUT2D eigenvalue weighted by molar-refractivity contribution is -0.143. The summed E-state index contributed by atoms with van der Waals surface area (Å²) in [6.45, 7) is 8.63. The van der Waals surface area contributed by atoms with Gasteiger partial charge in [0.05, 0.1) is 5.41 Å². The van der Waals surface area contributed by atoms with E-state index in [2.05, 4.69) is 45.9 Å². The summed E-state index contributed by atoms with van der Waals surface area (Å²) < 4.78 is 0. The van der Waals surface area contributed by atoms with Crippen molar-refractivity contribution in [2.75, 3.05) is 0 Å². The molecule has 0 spiro atoms. The first kappa shape index (κ1) is 13.1. The predicted octanol–water partition coefficient (Wildman–Crippen LogP) is 3.70.